The Balaban J connectivity index is 1.74. The molecule has 2 aliphatic heterocycles. The van der Waals surface area contributed by atoms with Gasteiger partial charge in [0, 0.05) is 17.8 Å². The van der Waals surface area contributed by atoms with Crippen molar-refractivity contribution in [3.63, 3.8) is 0 Å². The molecule has 4 rings (SSSR count). The number of carbonyl (C=O) groups excluding carboxylic acids is 2. The zero-order valence-corrected chi connectivity index (χ0v) is 14.9. The van der Waals surface area contributed by atoms with Gasteiger partial charge in [0.15, 0.2) is 0 Å². The van der Waals surface area contributed by atoms with E-state index in [1.165, 1.54) is 11.0 Å². The summed E-state index contributed by atoms with van der Waals surface area (Å²) < 4.78 is 40.2. The summed E-state index contributed by atoms with van der Waals surface area (Å²) in [5.74, 6) is -0.748. The van der Waals surface area contributed by atoms with Gasteiger partial charge in [-0.3, -0.25) is 9.59 Å². The predicted molar refractivity (Wildman–Crippen MR) is 92.8 cm³/mol. The predicted octanol–water partition coefficient (Wildman–Crippen LogP) is 4.11. The van der Waals surface area contributed by atoms with Crippen LogP contribution in [0.2, 0.25) is 0 Å². The number of amides is 2. The van der Waals surface area contributed by atoms with Crippen LogP contribution in [-0.4, -0.2) is 22.8 Å². The van der Waals surface area contributed by atoms with E-state index >= 15 is 0 Å². The van der Waals surface area contributed by atoms with Crippen molar-refractivity contribution in [2.45, 2.75) is 63.2 Å². The SMILES string of the molecule is C=C1CCC(N2Cc3c(cc(C(F)(F)F)cc3C3CCCC3)C2=O)C(=O)N1. The van der Waals surface area contributed by atoms with E-state index < -0.39 is 23.7 Å². The number of carbonyl (C=O) groups is 2. The van der Waals surface area contributed by atoms with Crippen LogP contribution in [0.4, 0.5) is 13.2 Å². The summed E-state index contributed by atoms with van der Waals surface area (Å²) in [6, 6.07) is 1.51. The van der Waals surface area contributed by atoms with E-state index in [0.717, 1.165) is 31.7 Å². The van der Waals surface area contributed by atoms with Gasteiger partial charge in [0.25, 0.3) is 5.91 Å². The summed E-state index contributed by atoms with van der Waals surface area (Å²) >= 11 is 0. The van der Waals surface area contributed by atoms with Crippen molar-refractivity contribution >= 4 is 11.8 Å². The fourth-order valence-electron chi connectivity index (χ4n) is 4.53. The number of benzene rings is 1. The normalized spacial score (nSPS) is 23.7. The summed E-state index contributed by atoms with van der Waals surface area (Å²) in [6.45, 7) is 3.93. The Bertz CT molecular complexity index is 825. The largest absolute Gasteiger partial charge is 0.416 e. The van der Waals surface area contributed by atoms with Gasteiger partial charge in [0.1, 0.15) is 6.04 Å². The molecule has 0 aromatic heterocycles. The third-order valence-corrected chi connectivity index (χ3v) is 5.92. The number of hydrogen-bond donors (Lipinski definition) is 1. The standard InChI is InChI=1S/C20H21F3N2O2/c1-11-6-7-17(18(26)24-11)25-10-16-14(12-4-2-3-5-12)8-13(20(21,22)23)9-15(16)19(25)27/h8-9,12,17H,1-7,10H2,(H,24,26). The van der Waals surface area contributed by atoms with Crippen LogP contribution in [0.15, 0.2) is 24.4 Å². The second-order valence-corrected chi connectivity index (χ2v) is 7.65. The van der Waals surface area contributed by atoms with Crippen molar-refractivity contribution in [1.29, 1.82) is 0 Å². The molecule has 1 aliphatic carbocycles. The lowest BCUT2D eigenvalue weighted by Gasteiger charge is -2.31. The van der Waals surface area contributed by atoms with Crippen molar-refractivity contribution < 1.29 is 22.8 Å². The van der Waals surface area contributed by atoms with Crippen molar-refractivity contribution in [3.05, 3.63) is 46.7 Å². The molecular weight excluding hydrogens is 357 g/mol. The van der Waals surface area contributed by atoms with Crippen LogP contribution >= 0.6 is 0 Å². The minimum atomic E-state index is -4.50. The van der Waals surface area contributed by atoms with Crippen LogP contribution in [-0.2, 0) is 17.5 Å². The maximum Gasteiger partial charge on any atom is 0.416 e. The van der Waals surface area contributed by atoms with Gasteiger partial charge < -0.3 is 10.2 Å². The number of halogens is 3. The van der Waals surface area contributed by atoms with E-state index in [2.05, 4.69) is 11.9 Å². The van der Waals surface area contributed by atoms with Crippen LogP contribution in [0.3, 0.4) is 0 Å². The first-order valence-corrected chi connectivity index (χ1v) is 9.29. The molecule has 0 radical (unpaired) electrons. The van der Waals surface area contributed by atoms with E-state index in [1.807, 2.05) is 0 Å². The summed E-state index contributed by atoms with van der Waals surface area (Å²) in [5.41, 5.74) is 1.22. The van der Waals surface area contributed by atoms with Crippen LogP contribution in [0.25, 0.3) is 0 Å². The number of nitrogens with zero attached hydrogens (tertiary/aromatic N) is 1. The van der Waals surface area contributed by atoms with Crippen LogP contribution < -0.4 is 5.32 Å². The van der Waals surface area contributed by atoms with E-state index in [-0.39, 0.29) is 23.9 Å². The maximum absolute atomic E-state index is 13.4. The van der Waals surface area contributed by atoms with Gasteiger partial charge in [-0.25, -0.2) is 0 Å². The highest BCUT2D eigenvalue weighted by Crippen LogP contribution is 2.43. The minimum Gasteiger partial charge on any atom is -0.329 e. The molecule has 1 aromatic carbocycles. The fourth-order valence-corrected chi connectivity index (χ4v) is 4.53. The first-order valence-electron chi connectivity index (χ1n) is 9.29. The van der Waals surface area contributed by atoms with E-state index in [9.17, 15) is 22.8 Å². The molecule has 0 bridgehead atoms. The smallest absolute Gasteiger partial charge is 0.329 e. The van der Waals surface area contributed by atoms with Gasteiger partial charge in [-0.05, 0) is 54.9 Å². The summed E-state index contributed by atoms with van der Waals surface area (Å²) in [4.78, 5) is 26.7. The highest BCUT2D eigenvalue weighted by atomic mass is 19.4. The Morgan fingerprint density at radius 1 is 1.11 bits per heavy atom. The van der Waals surface area contributed by atoms with Crippen molar-refractivity contribution in [1.82, 2.24) is 10.2 Å². The molecule has 1 aromatic rings. The fraction of sp³-hybridized carbons (Fsp3) is 0.500. The molecule has 2 heterocycles. The number of alkyl halides is 3. The number of piperidine rings is 1. The van der Waals surface area contributed by atoms with Gasteiger partial charge in [-0.15, -0.1) is 0 Å². The van der Waals surface area contributed by atoms with Crippen LogP contribution in [0.1, 0.15) is 71.5 Å². The Labute approximate surface area is 155 Å². The number of rotatable bonds is 2. The number of nitrogens with one attached hydrogen (secondary N) is 1. The highest BCUT2D eigenvalue weighted by molar-refractivity contribution is 6.02. The van der Waals surface area contributed by atoms with Crippen LogP contribution in [0.5, 0.6) is 0 Å². The zero-order chi connectivity index (χ0) is 19.3. The Hall–Kier alpha value is -2.31. The Morgan fingerprint density at radius 2 is 1.81 bits per heavy atom. The van der Waals surface area contributed by atoms with Gasteiger partial charge in [0.05, 0.1) is 5.56 Å². The van der Waals surface area contributed by atoms with Crippen molar-refractivity contribution in [3.8, 4) is 0 Å². The highest BCUT2D eigenvalue weighted by Gasteiger charge is 2.42. The molecule has 144 valence electrons. The average molecular weight is 378 g/mol. The summed E-state index contributed by atoms with van der Waals surface area (Å²) in [5, 5.41) is 2.65. The minimum absolute atomic E-state index is 0.0498. The van der Waals surface area contributed by atoms with Crippen LogP contribution in [0, 0.1) is 0 Å². The lowest BCUT2D eigenvalue weighted by atomic mass is 9.89. The molecule has 0 spiro atoms. The molecular formula is C20H21F3N2O2. The molecule has 1 atom stereocenters. The van der Waals surface area contributed by atoms with E-state index in [0.29, 0.717) is 29.7 Å². The average Bonchev–Trinajstić information content (AvgIpc) is 3.22. The quantitative estimate of drug-likeness (QED) is 0.842. The molecule has 2 amide bonds. The second-order valence-electron chi connectivity index (χ2n) is 7.65. The lowest BCUT2D eigenvalue weighted by molar-refractivity contribution is -0.137. The molecule has 1 saturated carbocycles. The number of hydrogen-bond acceptors (Lipinski definition) is 2. The second kappa shape index (κ2) is 6.39. The molecule has 3 aliphatic rings. The molecule has 4 nitrogen and oxygen atoms in total. The third-order valence-electron chi connectivity index (χ3n) is 5.92. The summed E-state index contributed by atoms with van der Waals surface area (Å²) in [6.07, 6.45) is 0.142. The Morgan fingerprint density at radius 3 is 2.44 bits per heavy atom. The van der Waals surface area contributed by atoms with E-state index in [1.54, 1.807) is 0 Å². The molecule has 27 heavy (non-hydrogen) atoms. The first-order chi connectivity index (χ1) is 12.8. The van der Waals surface area contributed by atoms with Gasteiger partial charge in [-0.1, -0.05) is 19.4 Å². The van der Waals surface area contributed by atoms with Gasteiger partial charge in [0.2, 0.25) is 5.91 Å². The zero-order valence-electron chi connectivity index (χ0n) is 14.9. The van der Waals surface area contributed by atoms with E-state index in [4.69, 9.17) is 0 Å². The monoisotopic (exact) mass is 378 g/mol. The number of allylic oxidation sites excluding steroid dienone is 1. The lowest BCUT2D eigenvalue weighted by Crippen LogP contribution is -2.49. The van der Waals surface area contributed by atoms with Gasteiger partial charge in [-0.2, -0.15) is 13.2 Å². The van der Waals surface area contributed by atoms with Gasteiger partial charge >= 0.3 is 6.18 Å². The molecule has 1 saturated heterocycles. The Kier molecular flexibility index (Phi) is 4.28. The van der Waals surface area contributed by atoms with Crippen molar-refractivity contribution in [2.75, 3.05) is 0 Å². The molecule has 7 heteroatoms. The first kappa shape index (κ1) is 18.1. The van der Waals surface area contributed by atoms with Crippen molar-refractivity contribution in [2.24, 2.45) is 0 Å². The molecule has 1 N–H and O–H groups in total. The number of fused-ring (bicyclic) bond motifs is 1. The topological polar surface area (TPSA) is 49.4 Å². The third kappa shape index (κ3) is 3.13. The molecule has 2 fully saturated rings. The molecule has 1 unspecified atom stereocenters. The maximum atomic E-state index is 13.4. The summed E-state index contributed by atoms with van der Waals surface area (Å²) in [7, 11) is 0.